The fraction of sp³-hybridized carbons (Fsp3) is 0.118. The second kappa shape index (κ2) is 5.20. The van der Waals surface area contributed by atoms with Crippen LogP contribution in [0.25, 0.3) is 0 Å². The molecule has 2 aromatic carbocycles. The van der Waals surface area contributed by atoms with Gasteiger partial charge in [-0.2, -0.15) is 0 Å². The number of hydrogen-bond acceptors (Lipinski definition) is 5. The molecule has 2 aromatic rings. The topological polar surface area (TPSA) is 86.5 Å². The molecule has 0 heterocycles. The molecule has 22 heavy (non-hydrogen) atoms. The van der Waals surface area contributed by atoms with Crippen molar-refractivity contribution < 1.29 is 19.1 Å². The van der Waals surface area contributed by atoms with E-state index in [-0.39, 0.29) is 46.3 Å². The van der Waals surface area contributed by atoms with Crippen LogP contribution in [0.3, 0.4) is 0 Å². The van der Waals surface area contributed by atoms with Crippen LogP contribution in [-0.4, -0.2) is 31.0 Å². The highest BCUT2D eigenvalue weighted by Gasteiger charge is 2.33. The van der Waals surface area contributed by atoms with Crippen LogP contribution in [-0.2, 0) is 0 Å². The molecule has 0 atom stereocenters. The standard InChI is InChI=1S/C17H13NO4/c1-22-17-11(13(19)8-18)6-7-12-14(17)16(21)10-5-3-2-4-9(10)15(12)20/h2-7H,8,18H2,1H3. The summed E-state index contributed by atoms with van der Waals surface area (Å²) in [4.78, 5) is 37.2. The molecular formula is C17H13NO4. The number of rotatable bonds is 3. The first-order chi connectivity index (χ1) is 10.6. The van der Waals surface area contributed by atoms with Crippen molar-refractivity contribution in [2.75, 3.05) is 13.7 Å². The van der Waals surface area contributed by atoms with Gasteiger partial charge in [0.1, 0.15) is 5.75 Å². The predicted molar refractivity (Wildman–Crippen MR) is 79.7 cm³/mol. The van der Waals surface area contributed by atoms with Gasteiger partial charge in [0.15, 0.2) is 17.3 Å². The zero-order valence-corrected chi connectivity index (χ0v) is 11.9. The number of fused-ring (bicyclic) bond motifs is 2. The average Bonchev–Trinajstić information content (AvgIpc) is 2.57. The fourth-order valence-corrected chi connectivity index (χ4v) is 2.70. The molecule has 1 aliphatic rings. The van der Waals surface area contributed by atoms with Gasteiger partial charge in [0.2, 0.25) is 0 Å². The summed E-state index contributed by atoms with van der Waals surface area (Å²) in [6.07, 6.45) is 0. The van der Waals surface area contributed by atoms with Crippen molar-refractivity contribution in [1.29, 1.82) is 0 Å². The Balaban J connectivity index is 2.31. The quantitative estimate of drug-likeness (QED) is 0.742. The van der Waals surface area contributed by atoms with E-state index < -0.39 is 0 Å². The minimum absolute atomic E-state index is 0.112. The van der Waals surface area contributed by atoms with E-state index in [1.54, 1.807) is 24.3 Å². The van der Waals surface area contributed by atoms with E-state index >= 15 is 0 Å². The van der Waals surface area contributed by atoms with Crippen LogP contribution in [0.5, 0.6) is 5.75 Å². The van der Waals surface area contributed by atoms with Gasteiger partial charge in [-0.1, -0.05) is 24.3 Å². The lowest BCUT2D eigenvalue weighted by Gasteiger charge is -2.21. The number of methoxy groups -OCH3 is 1. The Morgan fingerprint density at radius 1 is 1.00 bits per heavy atom. The van der Waals surface area contributed by atoms with E-state index in [0.717, 1.165) is 0 Å². The van der Waals surface area contributed by atoms with Crippen LogP contribution in [0.2, 0.25) is 0 Å². The number of carbonyl (C=O) groups is 3. The lowest BCUT2D eigenvalue weighted by molar-refractivity contribution is 0.0972. The number of Topliss-reactive ketones (excluding diaryl/α,β-unsaturated/α-hetero) is 1. The van der Waals surface area contributed by atoms with Crippen LogP contribution < -0.4 is 10.5 Å². The van der Waals surface area contributed by atoms with Gasteiger partial charge < -0.3 is 10.5 Å². The highest BCUT2D eigenvalue weighted by molar-refractivity contribution is 6.30. The number of nitrogens with two attached hydrogens (primary N) is 1. The highest BCUT2D eigenvalue weighted by atomic mass is 16.5. The summed E-state index contributed by atoms with van der Waals surface area (Å²) in [7, 11) is 1.36. The van der Waals surface area contributed by atoms with Crippen LogP contribution in [0, 0.1) is 0 Å². The Bertz CT molecular complexity index is 823. The molecule has 0 saturated carbocycles. The van der Waals surface area contributed by atoms with Crippen LogP contribution in [0.4, 0.5) is 0 Å². The van der Waals surface area contributed by atoms with Crippen LogP contribution >= 0.6 is 0 Å². The molecule has 0 amide bonds. The third kappa shape index (κ3) is 1.87. The van der Waals surface area contributed by atoms with Gasteiger partial charge in [-0.3, -0.25) is 14.4 Å². The van der Waals surface area contributed by atoms with E-state index in [4.69, 9.17) is 10.5 Å². The van der Waals surface area contributed by atoms with Gasteiger partial charge in [0.05, 0.1) is 24.8 Å². The summed E-state index contributed by atoms with van der Waals surface area (Å²) in [5.74, 6) is -0.816. The SMILES string of the molecule is COc1c(C(=O)CN)ccc2c1C(=O)c1ccccc1C2=O. The number of ketones is 3. The molecule has 0 spiro atoms. The molecule has 5 heteroatoms. The molecule has 0 saturated heterocycles. The molecule has 0 aromatic heterocycles. The highest BCUT2D eigenvalue weighted by Crippen LogP contribution is 2.35. The minimum Gasteiger partial charge on any atom is -0.495 e. The number of benzene rings is 2. The normalized spacial score (nSPS) is 12.6. The Labute approximate surface area is 126 Å². The van der Waals surface area contributed by atoms with Crippen molar-refractivity contribution in [1.82, 2.24) is 0 Å². The maximum atomic E-state index is 12.7. The van der Waals surface area contributed by atoms with Crippen molar-refractivity contribution in [2.45, 2.75) is 0 Å². The Morgan fingerprint density at radius 2 is 1.64 bits per heavy atom. The zero-order chi connectivity index (χ0) is 15.9. The first kappa shape index (κ1) is 14.2. The van der Waals surface area contributed by atoms with E-state index in [0.29, 0.717) is 11.1 Å². The Morgan fingerprint density at radius 3 is 2.23 bits per heavy atom. The molecule has 0 aliphatic heterocycles. The smallest absolute Gasteiger partial charge is 0.198 e. The number of carbonyl (C=O) groups excluding carboxylic acids is 3. The first-order valence-corrected chi connectivity index (χ1v) is 6.72. The van der Waals surface area contributed by atoms with Gasteiger partial charge in [-0.05, 0) is 12.1 Å². The fourth-order valence-electron chi connectivity index (χ4n) is 2.70. The lowest BCUT2D eigenvalue weighted by Crippen LogP contribution is -2.23. The van der Waals surface area contributed by atoms with Crippen molar-refractivity contribution in [3.05, 3.63) is 64.2 Å². The van der Waals surface area contributed by atoms with Gasteiger partial charge in [-0.15, -0.1) is 0 Å². The van der Waals surface area contributed by atoms with Gasteiger partial charge >= 0.3 is 0 Å². The van der Waals surface area contributed by atoms with Crippen molar-refractivity contribution >= 4 is 17.3 Å². The molecule has 0 radical (unpaired) electrons. The second-order valence-corrected chi connectivity index (χ2v) is 4.90. The van der Waals surface area contributed by atoms with Crippen LogP contribution in [0.1, 0.15) is 42.2 Å². The summed E-state index contributed by atoms with van der Waals surface area (Å²) >= 11 is 0. The summed E-state index contributed by atoms with van der Waals surface area (Å²) in [6.45, 7) is -0.201. The third-order valence-corrected chi connectivity index (χ3v) is 3.74. The molecule has 3 rings (SSSR count). The summed E-state index contributed by atoms with van der Waals surface area (Å²) in [5, 5.41) is 0. The van der Waals surface area contributed by atoms with E-state index in [1.165, 1.54) is 19.2 Å². The van der Waals surface area contributed by atoms with Crippen molar-refractivity contribution in [2.24, 2.45) is 5.73 Å². The molecular weight excluding hydrogens is 282 g/mol. The maximum absolute atomic E-state index is 12.7. The monoisotopic (exact) mass is 295 g/mol. The number of hydrogen-bond donors (Lipinski definition) is 1. The minimum atomic E-state index is -0.348. The summed E-state index contributed by atoms with van der Waals surface area (Å²) < 4.78 is 5.25. The van der Waals surface area contributed by atoms with Gasteiger partial charge in [-0.25, -0.2) is 0 Å². The van der Waals surface area contributed by atoms with E-state index in [1.807, 2.05) is 0 Å². The maximum Gasteiger partial charge on any atom is 0.198 e. The Hall–Kier alpha value is -2.79. The predicted octanol–water partition coefficient (Wildman–Crippen LogP) is 1.61. The van der Waals surface area contributed by atoms with Gasteiger partial charge in [0, 0.05) is 16.7 Å². The van der Waals surface area contributed by atoms with Crippen molar-refractivity contribution in [3.8, 4) is 5.75 Å². The third-order valence-electron chi connectivity index (χ3n) is 3.74. The lowest BCUT2D eigenvalue weighted by atomic mass is 9.82. The van der Waals surface area contributed by atoms with E-state index in [9.17, 15) is 14.4 Å². The molecule has 2 N–H and O–H groups in total. The van der Waals surface area contributed by atoms with Crippen LogP contribution in [0.15, 0.2) is 36.4 Å². The Kier molecular flexibility index (Phi) is 3.35. The molecule has 1 aliphatic carbocycles. The van der Waals surface area contributed by atoms with E-state index in [2.05, 4.69) is 0 Å². The molecule has 0 fully saturated rings. The molecule has 0 unspecified atom stereocenters. The van der Waals surface area contributed by atoms with Crippen molar-refractivity contribution in [3.63, 3.8) is 0 Å². The first-order valence-electron chi connectivity index (χ1n) is 6.72. The van der Waals surface area contributed by atoms with Gasteiger partial charge in [0.25, 0.3) is 0 Å². The molecule has 110 valence electrons. The molecule has 0 bridgehead atoms. The largest absolute Gasteiger partial charge is 0.495 e. The summed E-state index contributed by atoms with van der Waals surface area (Å²) in [6, 6.07) is 9.57. The zero-order valence-electron chi connectivity index (χ0n) is 11.9. The molecule has 5 nitrogen and oxygen atoms in total. The summed E-state index contributed by atoms with van der Waals surface area (Å²) in [5.41, 5.74) is 6.65. The second-order valence-electron chi connectivity index (χ2n) is 4.90. The average molecular weight is 295 g/mol. The number of ether oxygens (including phenoxy) is 1.